The van der Waals surface area contributed by atoms with Crippen molar-refractivity contribution in [3.63, 3.8) is 0 Å². The second kappa shape index (κ2) is 4.64. The topological polar surface area (TPSA) is 21.7 Å². The highest BCUT2D eigenvalue weighted by molar-refractivity contribution is 5.18. The van der Waals surface area contributed by atoms with E-state index in [-0.39, 0.29) is 18.2 Å². The molecule has 2 heterocycles. The van der Waals surface area contributed by atoms with Gasteiger partial charge in [-0.2, -0.15) is 0 Å². The number of fused-ring (bicyclic) bond motifs is 1. The Hall–Kier alpha value is -1.34. The Morgan fingerprint density at radius 1 is 1.32 bits per heavy atom. The SMILES string of the molecule is C#C[C@H]1[C@@H]2OC(C)(C)O[C@@H]2CN1Cc1ccccc1. The first kappa shape index (κ1) is 12.7. The van der Waals surface area contributed by atoms with Crippen LogP contribution < -0.4 is 0 Å². The summed E-state index contributed by atoms with van der Waals surface area (Å²) in [7, 11) is 0. The first-order chi connectivity index (χ1) is 9.09. The van der Waals surface area contributed by atoms with E-state index in [2.05, 4.69) is 23.0 Å². The fraction of sp³-hybridized carbons (Fsp3) is 0.500. The lowest BCUT2D eigenvalue weighted by Crippen LogP contribution is -2.37. The van der Waals surface area contributed by atoms with E-state index in [0.717, 1.165) is 13.1 Å². The molecule has 3 nitrogen and oxygen atoms in total. The molecule has 0 radical (unpaired) electrons. The van der Waals surface area contributed by atoms with Gasteiger partial charge in [-0.3, -0.25) is 4.90 Å². The third kappa shape index (κ3) is 2.40. The van der Waals surface area contributed by atoms with Gasteiger partial charge >= 0.3 is 0 Å². The molecule has 2 aliphatic heterocycles. The normalized spacial score (nSPS) is 33.0. The molecular weight excluding hydrogens is 238 g/mol. The van der Waals surface area contributed by atoms with E-state index < -0.39 is 5.79 Å². The molecule has 3 atom stereocenters. The van der Waals surface area contributed by atoms with Crippen molar-refractivity contribution in [2.75, 3.05) is 6.54 Å². The number of ether oxygens (including phenoxy) is 2. The molecule has 100 valence electrons. The van der Waals surface area contributed by atoms with Crippen molar-refractivity contribution in [1.29, 1.82) is 0 Å². The molecule has 1 aromatic carbocycles. The molecule has 19 heavy (non-hydrogen) atoms. The molecule has 2 aliphatic rings. The minimum atomic E-state index is -0.511. The number of hydrogen-bond donors (Lipinski definition) is 0. The molecule has 3 rings (SSSR count). The van der Waals surface area contributed by atoms with Crippen LogP contribution in [0, 0.1) is 12.3 Å². The largest absolute Gasteiger partial charge is 0.343 e. The lowest BCUT2D eigenvalue weighted by Gasteiger charge is -2.26. The van der Waals surface area contributed by atoms with Gasteiger partial charge in [-0.15, -0.1) is 6.42 Å². The molecule has 2 fully saturated rings. The number of benzene rings is 1. The lowest BCUT2D eigenvalue weighted by molar-refractivity contribution is -0.159. The van der Waals surface area contributed by atoms with Gasteiger partial charge in [0.2, 0.25) is 0 Å². The van der Waals surface area contributed by atoms with Gasteiger partial charge in [0.15, 0.2) is 5.79 Å². The minimum Gasteiger partial charge on any atom is -0.343 e. The summed E-state index contributed by atoms with van der Waals surface area (Å²) < 4.78 is 11.9. The molecule has 0 saturated carbocycles. The van der Waals surface area contributed by atoms with Crippen LogP contribution >= 0.6 is 0 Å². The van der Waals surface area contributed by atoms with Gasteiger partial charge in [-0.1, -0.05) is 36.3 Å². The second-order valence-electron chi connectivity index (χ2n) is 5.67. The molecule has 3 heteroatoms. The monoisotopic (exact) mass is 257 g/mol. The molecule has 0 aromatic heterocycles. The number of hydrogen-bond acceptors (Lipinski definition) is 3. The van der Waals surface area contributed by atoms with E-state index in [9.17, 15) is 0 Å². The predicted octanol–water partition coefficient (Wildman–Crippen LogP) is 2.02. The van der Waals surface area contributed by atoms with Crippen LogP contribution in [0.3, 0.4) is 0 Å². The van der Waals surface area contributed by atoms with E-state index >= 15 is 0 Å². The molecule has 0 bridgehead atoms. The van der Waals surface area contributed by atoms with Crippen molar-refractivity contribution in [2.45, 2.75) is 44.4 Å². The zero-order valence-corrected chi connectivity index (χ0v) is 11.4. The average Bonchev–Trinajstić information content (AvgIpc) is 2.81. The van der Waals surface area contributed by atoms with Crippen molar-refractivity contribution >= 4 is 0 Å². The van der Waals surface area contributed by atoms with Gasteiger partial charge in [0.1, 0.15) is 18.2 Å². The quantitative estimate of drug-likeness (QED) is 0.757. The number of terminal acetylenes is 1. The maximum Gasteiger partial charge on any atom is 0.163 e. The molecule has 2 saturated heterocycles. The molecule has 0 unspecified atom stereocenters. The van der Waals surface area contributed by atoms with E-state index in [1.54, 1.807) is 0 Å². The van der Waals surface area contributed by atoms with E-state index in [1.165, 1.54) is 5.56 Å². The van der Waals surface area contributed by atoms with Gasteiger partial charge in [-0.05, 0) is 19.4 Å². The predicted molar refractivity (Wildman–Crippen MR) is 73.3 cm³/mol. The maximum absolute atomic E-state index is 5.94. The van der Waals surface area contributed by atoms with Crippen molar-refractivity contribution in [3.8, 4) is 12.3 Å². The molecule has 0 amide bonds. The Morgan fingerprint density at radius 2 is 2.05 bits per heavy atom. The standard InChI is InChI=1S/C16H19NO2/c1-4-13-15-14(18-16(2,3)19-15)11-17(13)10-12-8-6-5-7-9-12/h1,5-9,13-15H,10-11H2,2-3H3/t13-,14+,15-/m0/s1. The Bertz CT molecular complexity index is 491. The highest BCUT2D eigenvalue weighted by atomic mass is 16.8. The van der Waals surface area contributed by atoms with Crippen LogP contribution in [0.2, 0.25) is 0 Å². The van der Waals surface area contributed by atoms with Gasteiger partial charge in [0.25, 0.3) is 0 Å². The van der Waals surface area contributed by atoms with E-state index in [1.807, 2.05) is 32.0 Å². The van der Waals surface area contributed by atoms with Gasteiger partial charge in [0, 0.05) is 13.1 Å². The number of rotatable bonds is 2. The molecule has 0 spiro atoms. The number of likely N-dealkylation sites (tertiary alicyclic amines) is 1. The summed E-state index contributed by atoms with van der Waals surface area (Å²) in [6, 6.07) is 10.4. The summed E-state index contributed by atoms with van der Waals surface area (Å²) >= 11 is 0. The summed E-state index contributed by atoms with van der Waals surface area (Å²) in [5.74, 6) is 2.35. The van der Waals surface area contributed by atoms with Crippen molar-refractivity contribution in [2.24, 2.45) is 0 Å². The zero-order valence-electron chi connectivity index (χ0n) is 11.4. The van der Waals surface area contributed by atoms with Crippen LogP contribution in [-0.4, -0.2) is 35.5 Å². The summed E-state index contributed by atoms with van der Waals surface area (Å²) in [4.78, 5) is 2.26. The van der Waals surface area contributed by atoms with Crippen LogP contribution in [0.1, 0.15) is 19.4 Å². The Labute approximate surface area is 114 Å². The summed E-state index contributed by atoms with van der Waals surface area (Å²) in [5.41, 5.74) is 1.27. The first-order valence-electron chi connectivity index (χ1n) is 6.69. The number of nitrogens with zero attached hydrogens (tertiary/aromatic N) is 1. The molecular formula is C16H19NO2. The highest BCUT2D eigenvalue weighted by Crippen LogP contribution is 2.36. The molecule has 0 aliphatic carbocycles. The van der Waals surface area contributed by atoms with Crippen LogP contribution in [0.4, 0.5) is 0 Å². The Balaban J connectivity index is 1.74. The van der Waals surface area contributed by atoms with Gasteiger partial charge < -0.3 is 9.47 Å². The fourth-order valence-electron chi connectivity index (χ4n) is 3.01. The Kier molecular flexibility index (Phi) is 3.10. The van der Waals surface area contributed by atoms with Crippen LogP contribution in [0.5, 0.6) is 0 Å². The lowest BCUT2D eigenvalue weighted by atomic mass is 10.1. The smallest absolute Gasteiger partial charge is 0.163 e. The van der Waals surface area contributed by atoms with Gasteiger partial charge in [-0.25, -0.2) is 0 Å². The molecule has 1 aromatic rings. The second-order valence-corrected chi connectivity index (χ2v) is 5.67. The van der Waals surface area contributed by atoms with Crippen molar-refractivity contribution in [3.05, 3.63) is 35.9 Å². The van der Waals surface area contributed by atoms with Crippen molar-refractivity contribution in [1.82, 2.24) is 4.90 Å². The summed E-state index contributed by atoms with van der Waals surface area (Å²) in [5, 5.41) is 0. The minimum absolute atomic E-state index is 0.00742. The third-order valence-electron chi connectivity index (χ3n) is 3.74. The van der Waals surface area contributed by atoms with Crippen LogP contribution in [0.15, 0.2) is 30.3 Å². The zero-order chi connectivity index (χ0) is 13.5. The van der Waals surface area contributed by atoms with Crippen LogP contribution in [0.25, 0.3) is 0 Å². The van der Waals surface area contributed by atoms with E-state index in [4.69, 9.17) is 15.9 Å². The van der Waals surface area contributed by atoms with E-state index in [0.29, 0.717) is 0 Å². The van der Waals surface area contributed by atoms with Crippen molar-refractivity contribution < 1.29 is 9.47 Å². The molecule has 0 N–H and O–H groups in total. The third-order valence-corrected chi connectivity index (χ3v) is 3.74. The average molecular weight is 257 g/mol. The summed E-state index contributed by atoms with van der Waals surface area (Å²) in [6.07, 6.45) is 5.77. The first-order valence-corrected chi connectivity index (χ1v) is 6.69. The maximum atomic E-state index is 5.94. The van der Waals surface area contributed by atoms with Crippen LogP contribution in [-0.2, 0) is 16.0 Å². The highest BCUT2D eigenvalue weighted by Gasteiger charge is 2.51. The fourth-order valence-corrected chi connectivity index (χ4v) is 3.01. The summed E-state index contributed by atoms with van der Waals surface area (Å²) in [6.45, 7) is 5.56. The van der Waals surface area contributed by atoms with Gasteiger partial charge in [0.05, 0.1) is 0 Å². The Morgan fingerprint density at radius 3 is 2.74 bits per heavy atom.